The van der Waals surface area contributed by atoms with Crippen LogP contribution in [-0.4, -0.2) is 11.7 Å². The molecule has 0 spiro atoms. The zero-order chi connectivity index (χ0) is 8.81. The molecule has 2 heteroatoms. The molecule has 0 unspecified atom stereocenters. The van der Waals surface area contributed by atoms with E-state index in [4.69, 9.17) is 5.73 Å². The largest absolute Gasteiger partial charge is 0.512 e. The van der Waals surface area contributed by atoms with Crippen LogP contribution in [0.1, 0.15) is 44.9 Å². The van der Waals surface area contributed by atoms with Gasteiger partial charge in [0.2, 0.25) is 0 Å². The molecule has 0 aromatic heterocycles. The number of nitrogens with two attached hydrogens (primary N) is 1. The smallest absolute Gasteiger partial charge is 0.0915 e. The molecule has 0 saturated carbocycles. The highest BCUT2D eigenvalue weighted by Crippen LogP contribution is 2.22. The van der Waals surface area contributed by atoms with Crippen molar-refractivity contribution in [3.8, 4) is 0 Å². The van der Waals surface area contributed by atoms with E-state index >= 15 is 0 Å². The number of hydrogen-bond donors (Lipinski definition) is 2. The van der Waals surface area contributed by atoms with E-state index in [0.29, 0.717) is 12.3 Å². The number of hydrogen-bond acceptors (Lipinski definition) is 2. The molecule has 3 N–H and O–H groups in total. The van der Waals surface area contributed by atoms with Gasteiger partial charge in [0.05, 0.1) is 5.76 Å². The van der Waals surface area contributed by atoms with Gasteiger partial charge in [0.15, 0.2) is 0 Å². The lowest BCUT2D eigenvalue weighted by atomic mass is 9.96. The van der Waals surface area contributed by atoms with Crippen molar-refractivity contribution in [2.45, 2.75) is 44.9 Å². The summed E-state index contributed by atoms with van der Waals surface area (Å²) in [6, 6.07) is 0. The Morgan fingerprint density at radius 2 is 1.75 bits per heavy atom. The van der Waals surface area contributed by atoms with E-state index in [-0.39, 0.29) is 0 Å². The Hall–Kier alpha value is -0.500. The first kappa shape index (κ1) is 9.59. The predicted octanol–water partition coefficient (Wildman–Crippen LogP) is 2.50. The molecule has 0 amide bonds. The molecule has 0 atom stereocenters. The summed E-state index contributed by atoms with van der Waals surface area (Å²) in [5.74, 6) is 0.625. The average Bonchev–Trinajstić information content (AvgIpc) is 2.05. The summed E-state index contributed by atoms with van der Waals surface area (Å²) in [7, 11) is 0. The second-order valence-corrected chi connectivity index (χ2v) is 3.50. The zero-order valence-corrected chi connectivity index (χ0v) is 7.68. The molecule has 2 nitrogen and oxygen atoms in total. The first-order chi connectivity index (χ1) is 5.84. The normalized spacial score (nSPS) is 20.4. The molecule has 1 rings (SSSR count). The average molecular weight is 169 g/mol. The lowest BCUT2D eigenvalue weighted by Crippen LogP contribution is -2.04. The standard InChI is InChI=1S/C10H19NO/c11-8-7-9-5-3-1-2-4-6-10(9)12/h12H,1-8,11H2. The van der Waals surface area contributed by atoms with Crippen LogP contribution in [0.3, 0.4) is 0 Å². The van der Waals surface area contributed by atoms with Gasteiger partial charge in [0.25, 0.3) is 0 Å². The van der Waals surface area contributed by atoms with Gasteiger partial charge in [-0.25, -0.2) is 0 Å². The maximum absolute atomic E-state index is 9.63. The monoisotopic (exact) mass is 169 g/mol. The lowest BCUT2D eigenvalue weighted by molar-refractivity contribution is 0.361. The predicted molar refractivity (Wildman–Crippen MR) is 51.0 cm³/mol. The highest BCUT2D eigenvalue weighted by molar-refractivity contribution is 5.08. The lowest BCUT2D eigenvalue weighted by Gasteiger charge is -2.13. The molecule has 12 heavy (non-hydrogen) atoms. The highest BCUT2D eigenvalue weighted by atomic mass is 16.3. The van der Waals surface area contributed by atoms with E-state index in [1.54, 1.807) is 0 Å². The minimum absolute atomic E-state index is 0.625. The Bertz CT molecular complexity index is 163. The van der Waals surface area contributed by atoms with Gasteiger partial charge in [-0.15, -0.1) is 0 Å². The van der Waals surface area contributed by atoms with Crippen molar-refractivity contribution < 1.29 is 5.11 Å². The fourth-order valence-corrected chi connectivity index (χ4v) is 1.75. The van der Waals surface area contributed by atoms with Gasteiger partial charge >= 0.3 is 0 Å². The number of rotatable bonds is 2. The quantitative estimate of drug-likeness (QED) is 0.667. The van der Waals surface area contributed by atoms with E-state index < -0.39 is 0 Å². The molecule has 0 radical (unpaired) electrons. The van der Waals surface area contributed by atoms with Gasteiger partial charge in [-0.05, 0) is 37.8 Å². The van der Waals surface area contributed by atoms with Crippen LogP contribution < -0.4 is 5.73 Å². The van der Waals surface area contributed by atoms with Gasteiger partial charge < -0.3 is 10.8 Å². The summed E-state index contributed by atoms with van der Waals surface area (Å²) < 4.78 is 0. The Morgan fingerprint density at radius 1 is 1.08 bits per heavy atom. The molecule has 70 valence electrons. The van der Waals surface area contributed by atoms with Crippen molar-refractivity contribution in [1.82, 2.24) is 0 Å². The van der Waals surface area contributed by atoms with Crippen molar-refractivity contribution >= 4 is 0 Å². The molecular weight excluding hydrogens is 150 g/mol. The maximum atomic E-state index is 9.63. The minimum Gasteiger partial charge on any atom is -0.512 e. The van der Waals surface area contributed by atoms with E-state index in [1.165, 1.54) is 24.8 Å². The van der Waals surface area contributed by atoms with Crippen LogP contribution in [0.15, 0.2) is 11.3 Å². The molecular formula is C10H19NO. The van der Waals surface area contributed by atoms with E-state index in [0.717, 1.165) is 25.7 Å². The molecule has 0 fully saturated rings. The summed E-state index contributed by atoms with van der Waals surface area (Å²) in [6.07, 6.45) is 7.74. The van der Waals surface area contributed by atoms with Gasteiger partial charge in [0, 0.05) is 6.42 Å². The molecule has 0 heterocycles. The molecule has 1 aliphatic rings. The third-order valence-electron chi connectivity index (χ3n) is 2.50. The van der Waals surface area contributed by atoms with Crippen molar-refractivity contribution in [2.24, 2.45) is 5.73 Å². The summed E-state index contributed by atoms with van der Waals surface area (Å²) in [6.45, 7) is 0.666. The SMILES string of the molecule is NCCC1=C(O)CCCCCC1. The second kappa shape index (κ2) is 5.20. The summed E-state index contributed by atoms with van der Waals surface area (Å²) in [5, 5.41) is 9.63. The Morgan fingerprint density at radius 3 is 2.42 bits per heavy atom. The van der Waals surface area contributed by atoms with Crippen LogP contribution in [0.4, 0.5) is 0 Å². The maximum Gasteiger partial charge on any atom is 0.0915 e. The van der Waals surface area contributed by atoms with Crippen molar-refractivity contribution in [3.05, 3.63) is 11.3 Å². The Kier molecular flexibility index (Phi) is 4.15. The zero-order valence-electron chi connectivity index (χ0n) is 7.68. The summed E-state index contributed by atoms with van der Waals surface area (Å²) in [4.78, 5) is 0. The summed E-state index contributed by atoms with van der Waals surface area (Å²) >= 11 is 0. The van der Waals surface area contributed by atoms with Crippen molar-refractivity contribution in [3.63, 3.8) is 0 Å². The third kappa shape index (κ3) is 2.86. The molecule has 0 saturated heterocycles. The number of aliphatic hydroxyl groups excluding tert-OH is 1. The third-order valence-corrected chi connectivity index (χ3v) is 2.50. The van der Waals surface area contributed by atoms with E-state index in [9.17, 15) is 5.11 Å². The van der Waals surface area contributed by atoms with Crippen LogP contribution >= 0.6 is 0 Å². The molecule has 1 aliphatic carbocycles. The van der Waals surface area contributed by atoms with Crippen LogP contribution in [-0.2, 0) is 0 Å². The second-order valence-electron chi connectivity index (χ2n) is 3.50. The fraction of sp³-hybridized carbons (Fsp3) is 0.800. The van der Waals surface area contributed by atoms with Crippen LogP contribution in [0.5, 0.6) is 0 Å². The van der Waals surface area contributed by atoms with E-state index in [1.807, 2.05) is 0 Å². The molecule has 0 bridgehead atoms. The number of allylic oxidation sites excluding steroid dienone is 1. The van der Waals surface area contributed by atoms with Gasteiger partial charge in [0.1, 0.15) is 0 Å². The first-order valence-electron chi connectivity index (χ1n) is 4.94. The van der Waals surface area contributed by atoms with Crippen LogP contribution in [0, 0.1) is 0 Å². The van der Waals surface area contributed by atoms with Crippen molar-refractivity contribution in [2.75, 3.05) is 6.54 Å². The fourth-order valence-electron chi connectivity index (χ4n) is 1.75. The highest BCUT2D eigenvalue weighted by Gasteiger charge is 2.07. The van der Waals surface area contributed by atoms with E-state index in [2.05, 4.69) is 0 Å². The topological polar surface area (TPSA) is 46.2 Å². The van der Waals surface area contributed by atoms with Gasteiger partial charge in [-0.1, -0.05) is 12.8 Å². The molecule has 0 aromatic rings. The summed E-state index contributed by atoms with van der Waals surface area (Å²) in [5.41, 5.74) is 6.67. The Balaban J connectivity index is 2.53. The first-order valence-corrected chi connectivity index (χ1v) is 4.94. The molecule has 0 aliphatic heterocycles. The Labute approximate surface area is 74.5 Å². The molecule has 0 aromatic carbocycles. The van der Waals surface area contributed by atoms with Gasteiger partial charge in [-0.3, -0.25) is 0 Å². The number of aliphatic hydroxyl groups is 1. The van der Waals surface area contributed by atoms with Crippen LogP contribution in [0.2, 0.25) is 0 Å². The van der Waals surface area contributed by atoms with Gasteiger partial charge in [-0.2, -0.15) is 0 Å². The van der Waals surface area contributed by atoms with Crippen molar-refractivity contribution in [1.29, 1.82) is 0 Å². The minimum atomic E-state index is 0.625. The van der Waals surface area contributed by atoms with Crippen LogP contribution in [0.25, 0.3) is 0 Å².